The van der Waals surface area contributed by atoms with Gasteiger partial charge in [-0.05, 0) is 39.4 Å². The van der Waals surface area contributed by atoms with E-state index in [2.05, 4.69) is 62.2 Å². The standard InChI is InChI=1S/C26H28N2O3Si/c1-5-19-20(26(2,3)4)16-21-22(23(25(29)30)28-27-21)24(19)31-32(17-12-8-6-9-13-17)18-14-10-7-11-15-18/h6-16,32H,5H2,1-4H3,(H,27,28)(H,29,30). The number of aromatic carboxylic acids is 1. The highest BCUT2D eigenvalue weighted by Crippen LogP contribution is 2.39. The van der Waals surface area contributed by atoms with Gasteiger partial charge in [0.15, 0.2) is 5.69 Å². The van der Waals surface area contributed by atoms with Crippen molar-refractivity contribution in [3.8, 4) is 5.75 Å². The molecule has 3 aromatic carbocycles. The van der Waals surface area contributed by atoms with Crippen LogP contribution in [0.5, 0.6) is 5.75 Å². The van der Waals surface area contributed by atoms with E-state index in [4.69, 9.17) is 4.43 Å². The molecule has 6 heteroatoms. The van der Waals surface area contributed by atoms with Gasteiger partial charge >= 0.3 is 5.97 Å². The zero-order valence-electron chi connectivity index (χ0n) is 18.8. The average Bonchev–Trinajstić information content (AvgIpc) is 3.22. The normalized spacial score (nSPS) is 11.8. The molecule has 0 spiro atoms. The predicted octanol–water partition coefficient (Wildman–Crippen LogP) is 4.04. The molecule has 0 amide bonds. The maximum atomic E-state index is 12.0. The van der Waals surface area contributed by atoms with Gasteiger partial charge in [0, 0.05) is 0 Å². The third-order valence-electron chi connectivity index (χ3n) is 5.71. The number of carboxylic acids is 1. The van der Waals surface area contributed by atoms with Crippen LogP contribution in [0.4, 0.5) is 0 Å². The number of benzene rings is 3. The number of aromatic nitrogens is 2. The molecule has 0 aliphatic rings. The first-order valence-corrected chi connectivity index (χ1v) is 12.5. The predicted molar refractivity (Wildman–Crippen MR) is 131 cm³/mol. The van der Waals surface area contributed by atoms with Gasteiger partial charge in [-0.2, -0.15) is 5.10 Å². The number of hydrogen-bond acceptors (Lipinski definition) is 3. The summed E-state index contributed by atoms with van der Waals surface area (Å²) in [6.07, 6.45) is 0.729. The van der Waals surface area contributed by atoms with Crippen LogP contribution in [0.2, 0.25) is 0 Å². The number of carboxylic acid groups (broad SMARTS) is 1. The van der Waals surface area contributed by atoms with E-state index in [1.165, 1.54) is 0 Å². The van der Waals surface area contributed by atoms with Crippen LogP contribution in [-0.2, 0) is 11.8 Å². The number of nitrogens with one attached hydrogen (secondary N) is 1. The molecule has 2 N–H and O–H groups in total. The molecule has 0 aliphatic heterocycles. The first-order valence-electron chi connectivity index (χ1n) is 10.9. The number of aromatic amines is 1. The van der Waals surface area contributed by atoms with Crippen LogP contribution in [-0.4, -0.2) is 30.3 Å². The largest absolute Gasteiger partial charge is 0.537 e. The van der Waals surface area contributed by atoms with Crippen molar-refractivity contribution < 1.29 is 14.3 Å². The molecule has 5 nitrogen and oxygen atoms in total. The Balaban J connectivity index is 2.01. The third-order valence-corrected chi connectivity index (χ3v) is 8.17. The van der Waals surface area contributed by atoms with Crippen molar-refractivity contribution in [1.29, 1.82) is 0 Å². The highest BCUT2D eigenvalue weighted by atomic mass is 28.3. The summed E-state index contributed by atoms with van der Waals surface area (Å²) in [5, 5.41) is 19.7. The topological polar surface area (TPSA) is 75.2 Å². The second kappa shape index (κ2) is 8.63. The van der Waals surface area contributed by atoms with Gasteiger partial charge in [0.1, 0.15) is 5.75 Å². The van der Waals surface area contributed by atoms with Gasteiger partial charge < -0.3 is 9.53 Å². The molecule has 0 atom stereocenters. The van der Waals surface area contributed by atoms with Crippen LogP contribution in [0.15, 0.2) is 66.7 Å². The molecule has 0 unspecified atom stereocenters. The number of hydrogen-bond donors (Lipinski definition) is 2. The third kappa shape index (κ3) is 4.06. The number of rotatable bonds is 6. The van der Waals surface area contributed by atoms with E-state index in [9.17, 15) is 9.90 Å². The second-order valence-corrected chi connectivity index (χ2v) is 11.3. The smallest absolute Gasteiger partial charge is 0.357 e. The maximum absolute atomic E-state index is 12.0. The van der Waals surface area contributed by atoms with Crippen molar-refractivity contribution in [1.82, 2.24) is 10.2 Å². The molecule has 164 valence electrons. The Morgan fingerprint density at radius 1 is 1.03 bits per heavy atom. The van der Waals surface area contributed by atoms with Gasteiger partial charge in [0.05, 0.1) is 10.9 Å². The van der Waals surface area contributed by atoms with Crippen LogP contribution < -0.4 is 14.8 Å². The Kier molecular flexibility index (Phi) is 5.89. The van der Waals surface area contributed by atoms with Crippen molar-refractivity contribution >= 4 is 36.3 Å². The van der Waals surface area contributed by atoms with Gasteiger partial charge in [0.25, 0.3) is 9.04 Å². The van der Waals surface area contributed by atoms with Gasteiger partial charge in [-0.1, -0.05) is 88.4 Å². The minimum absolute atomic E-state index is 0.000896. The fourth-order valence-electron chi connectivity index (χ4n) is 4.20. The molecular weight excluding hydrogens is 416 g/mol. The summed E-state index contributed by atoms with van der Waals surface area (Å²) >= 11 is 0. The molecule has 0 aliphatic carbocycles. The Labute approximate surface area is 189 Å². The Bertz CT molecular complexity index is 1210. The number of carbonyl (C=O) groups is 1. The number of nitrogens with zero attached hydrogens (tertiary/aromatic N) is 1. The molecule has 32 heavy (non-hydrogen) atoms. The zero-order chi connectivity index (χ0) is 22.9. The first kappa shape index (κ1) is 21.8. The van der Waals surface area contributed by atoms with Crippen LogP contribution >= 0.6 is 0 Å². The molecule has 1 heterocycles. The van der Waals surface area contributed by atoms with Crippen LogP contribution in [0.25, 0.3) is 10.9 Å². The molecule has 0 bridgehead atoms. The highest BCUT2D eigenvalue weighted by molar-refractivity contribution is 6.80. The molecule has 0 saturated carbocycles. The molecule has 0 saturated heterocycles. The number of H-pyrrole nitrogens is 1. The second-order valence-electron chi connectivity index (χ2n) is 8.95. The van der Waals surface area contributed by atoms with E-state index in [1.54, 1.807) is 0 Å². The van der Waals surface area contributed by atoms with E-state index in [-0.39, 0.29) is 11.1 Å². The quantitative estimate of drug-likeness (QED) is 0.440. The summed E-state index contributed by atoms with van der Waals surface area (Å²) in [5.41, 5.74) is 2.73. The Morgan fingerprint density at radius 3 is 2.06 bits per heavy atom. The average molecular weight is 445 g/mol. The van der Waals surface area contributed by atoms with Gasteiger partial charge in [0.2, 0.25) is 0 Å². The van der Waals surface area contributed by atoms with E-state index in [0.29, 0.717) is 16.7 Å². The zero-order valence-corrected chi connectivity index (χ0v) is 20.0. The summed E-state index contributed by atoms with van der Waals surface area (Å²) in [5.74, 6) is -0.422. The fourth-order valence-corrected chi connectivity index (χ4v) is 6.50. The Hall–Kier alpha value is -3.38. The van der Waals surface area contributed by atoms with Crippen molar-refractivity contribution in [2.45, 2.75) is 39.5 Å². The molecular formula is C26H28N2O3Si. The summed E-state index contributed by atoms with van der Waals surface area (Å²) in [6, 6.07) is 22.5. The summed E-state index contributed by atoms with van der Waals surface area (Å²) in [4.78, 5) is 12.0. The van der Waals surface area contributed by atoms with E-state index < -0.39 is 15.0 Å². The first-order chi connectivity index (χ1) is 15.3. The van der Waals surface area contributed by atoms with Crippen LogP contribution in [0, 0.1) is 0 Å². The molecule has 4 rings (SSSR count). The molecule has 0 radical (unpaired) electrons. The van der Waals surface area contributed by atoms with Gasteiger partial charge in [-0.25, -0.2) is 4.79 Å². The van der Waals surface area contributed by atoms with E-state index >= 15 is 0 Å². The number of fused-ring (bicyclic) bond motifs is 1. The van der Waals surface area contributed by atoms with Crippen molar-refractivity contribution in [2.75, 3.05) is 0 Å². The Morgan fingerprint density at radius 2 is 1.59 bits per heavy atom. The maximum Gasteiger partial charge on any atom is 0.357 e. The van der Waals surface area contributed by atoms with Gasteiger partial charge in [-0.15, -0.1) is 0 Å². The summed E-state index contributed by atoms with van der Waals surface area (Å²) < 4.78 is 6.92. The van der Waals surface area contributed by atoms with Crippen LogP contribution in [0.1, 0.15) is 49.3 Å². The van der Waals surface area contributed by atoms with E-state index in [0.717, 1.165) is 27.9 Å². The lowest BCUT2D eigenvalue weighted by molar-refractivity contribution is 0.0692. The fraction of sp³-hybridized carbons (Fsp3) is 0.231. The minimum atomic E-state index is -2.16. The lowest BCUT2D eigenvalue weighted by atomic mass is 9.82. The molecule has 1 aromatic heterocycles. The van der Waals surface area contributed by atoms with Crippen LogP contribution in [0.3, 0.4) is 0 Å². The van der Waals surface area contributed by atoms with Crippen molar-refractivity contribution in [2.24, 2.45) is 0 Å². The van der Waals surface area contributed by atoms with Gasteiger partial charge in [-0.3, -0.25) is 5.10 Å². The SMILES string of the molecule is CCc1c(C(C)(C)C)cc2[nH]nc(C(=O)O)c2c1O[SiH](c1ccccc1)c1ccccc1. The molecule has 0 fully saturated rings. The summed E-state index contributed by atoms with van der Waals surface area (Å²) in [7, 11) is -2.16. The van der Waals surface area contributed by atoms with E-state index in [1.807, 2.05) is 42.5 Å². The monoisotopic (exact) mass is 444 g/mol. The van der Waals surface area contributed by atoms with Crippen molar-refractivity contribution in [3.05, 3.63) is 83.6 Å². The highest BCUT2D eigenvalue weighted by Gasteiger charge is 2.29. The lowest BCUT2D eigenvalue weighted by Crippen LogP contribution is -2.47. The lowest BCUT2D eigenvalue weighted by Gasteiger charge is -2.27. The van der Waals surface area contributed by atoms with Crippen molar-refractivity contribution in [3.63, 3.8) is 0 Å². The molecule has 4 aromatic rings. The minimum Gasteiger partial charge on any atom is -0.537 e. The summed E-state index contributed by atoms with van der Waals surface area (Å²) in [6.45, 7) is 8.57.